The predicted molar refractivity (Wildman–Crippen MR) is 71.1 cm³/mol. The van der Waals surface area contributed by atoms with Gasteiger partial charge in [-0.05, 0) is 29.8 Å². The van der Waals surface area contributed by atoms with E-state index in [1.165, 1.54) is 0 Å². The predicted octanol–water partition coefficient (Wildman–Crippen LogP) is 2.29. The molecule has 0 aliphatic heterocycles. The van der Waals surface area contributed by atoms with Crippen LogP contribution in [-0.4, -0.2) is 11.0 Å². The Balaban J connectivity index is 2.19. The first-order chi connectivity index (χ1) is 9.51. The Kier molecular flexibility index (Phi) is 3.95. The molecule has 2 aromatic carbocycles. The third-order valence-corrected chi connectivity index (χ3v) is 2.74. The highest BCUT2D eigenvalue weighted by Crippen LogP contribution is 2.18. The van der Waals surface area contributed by atoms with Crippen molar-refractivity contribution in [2.24, 2.45) is 0 Å². The van der Waals surface area contributed by atoms with Crippen molar-refractivity contribution in [3.63, 3.8) is 0 Å². The highest BCUT2D eigenvalue weighted by Gasteiger charge is 2.13. The minimum Gasteiger partial charge on any atom is -0.394 e. The van der Waals surface area contributed by atoms with Crippen molar-refractivity contribution in [2.75, 3.05) is 11.1 Å². The lowest BCUT2D eigenvalue weighted by Gasteiger charge is -2.07. The van der Waals surface area contributed by atoms with Crippen molar-refractivity contribution < 1.29 is 18.7 Å². The van der Waals surface area contributed by atoms with E-state index in [1.807, 2.05) is 0 Å². The van der Waals surface area contributed by atoms with E-state index in [0.717, 1.165) is 12.1 Å². The maximum atomic E-state index is 13.3. The van der Waals surface area contributed by atoms with Crippen LogP contribution < -0.4 is 11.1 Å². The molecule has 0 aliphatic carbocycles. The summed E-state index contributed by atoms with van der Waals surface area (Å²) in [5.41, 5.74) is 5.48. The first-order valence-electron chi connectivity index (χ1n) is 5.77. The zero-order valence-corrected chi connectivity index (χ0v) is 10.4. The van der Waals surface area contributed by atoms with E-state index in [1.54, 1.807) is 24.3 Å². The normalized spacial score (nSPS) is 10.3. The van der Waals surface area contributed by atoms with Crippen molar-refractivity contribution in [3.05, 3.63) is 59.2 Å². The number of hydrogen-bond acceptors (Lipinski definition) is 3. The average Bonchev–Trinajstić information content (AvgIpc) is 2.45. The van der Waals surface area contributed by atoms with Gasteiger partial charge in [0.05, 0.1) is 6.61 Å². The van der Waals surface area contributed by atoms with Gasteiger partial charge in [-0.1, -0.05) is 12.1 Å². The number of benzene rings is 2. The Labute approximate surface area is 113 Å². The molecule has 20 heavy (non-hydrogen) atoms. The molecule has 0 fully saturated rings. The fourth-order valence-electron chi connectivity index (χ4n) is 1.61. The summed E-state index contributed by atoms with van der Waals surface area (Å²) in [5.74, 6) is -2.61. The zero-order valence-electron chi connectivity index (χ0n) is 10.4. The second-order valence-electron chi connectivity index (χ2n) is 4.16. The molecule has 4 N–H and O–H groups in total. The van der Waals surface area contributed by atoms with E-state index in [9.17, 15) is 13.6 Å². The maximum Gasteiger partial charge on any atom is 0.255 e. The van der Waals surface area contributed by atoms with Gasteiger partial charge in [0.25, 0.3) is 5.91 Å². The molecule has 0 radical (unpaired) electrons. The van der Waals surface area contributed by atoms with Crippen LogP contribution in [0.25, 0.3) is 0 Å². The van der Waals surface area contributed by atoms with Crippen LogP contribution in [0.15, 0.2) is 36.4 Å². The average molecular weight is 278 g/mol. The van der Waals surface area contributed by atoms with Gasteiger partial charge in [-0.25, -0.2) is 8.78 Å². The highest BCUT2D eigenvalue weighted by atomic mass is 19.1. The van der Waals surface area contributed by atoms with E-state index in [-0.39, 0.29) is 12.2 Å². The summed E-state index contributed by atoms with van der Waals surface area (Å²) in [5, 5.41) is 11.4. The number of nitrogen functional groups attached to an aromatic ring is 1. The number of hydrogen-bond donors (Lipinski definition) is 3. The quantitative estimate of drug-likeness (QED) is 0.754. The van der Waals surface area contributed by atoms with E-state index >= 15 is 0 Å². The van der Waals surface area contributed by atoms with E-state index in [2.05, 4.69) is 5.32 Å². The Morgan fingerprint density at radius 1 is 1.15 bits per heavy atom. The third-order valence-electron chi connectivity index (χ3n) is 2.74. The van der Waals surface area contributed by atoms with Crippen LogP contribution in [0, 0.1) is 11.6 Å². The molecule has 0 aromatic heterocycles. The zero-order chi connectivity index (χ0) is 14.7. The number of nitrogens with one attached hydrogen (secondary N) is 1. The lowest BCUT2D eigenvalue weighted by Crippen LogP contribution is -2.13. The van der Waals surface area contributed by atoms with Gasteiger partial charge in [-0.2, -0.15) is 0 Å². The summed E-state index contributed by atoms with van der Waals surface area (Å²) in [4.78, 5) is 11.8. The number of rotatable bonds is 3. The van der Waals surface area contributed by atoms with Crippen LogP contribution in [0.2, 0.25) is 0 Å². The summed E-state index contributed by atoms with van der Waals surface area (Å²) >= 11 is 0. The minimum absolute atomic E-state index is 0.109. The molecule has 2 rings (SSSR count). The molecule has 0 saturated carbocycles. The molecule has 0 spiro atoms. The van der Waals surface area contributed by atoms with Crippen molar-refractivity contribution >= 4 is 17.3 Å². The Bertz CT molecular complexity index is 619. The number of nitrogens with two attached hydrogens (primary N) is 1. The van der Waals surface area contributed by atoms with Gasteiger partial charge < -0.3 is 16.2 Å². The second-order valence-corrected chi connectivity index (χ2v) is 4.16. The molecule has 0 heterocycles. The summed E-state index contributed by atoms with van der Waals surface area (Å²) < 4.78 is 26.5. The largest absolute Gasteiger partial charge is 0.394 e. The lowest BCUT2D eigenvalue weighted by atomic mass is 10.1. The first-order valence-corrected chi connectivity index (χ1v) is 5.77. The van der Waals surface area contributed by atoms with Gasteiger partial charge in [0.2, 0.25) is 0 Å². The molecule has 104 valence electrons. The van der Waals surface area contributed by atoms with Crippen molar-refractivity contribution in [2.45, 2.75) is 6.61 Å². The number of halogens is 2. The third kappa shape index (κ3) is 2.92. The fraction of sp³-hybridized carbons (Fsp3) is 0.0714. The van der Waals surface area contributed by atoms with Gasteiger partial charge >= 0.3 is 0 Å². The van der Waals surface area contributed by atoms with Crippen LogP contribution in [0.5, 0.6) is 0 Å². The van der Waals surface area contributed by atoms with Crippen LogP contribution in [0.4, 0.5) is 20.2 Å². The SMILES string of the molecule is Nc1c(F)cc(C(=O)Nc2ccc(CO)cc2)cc1F. The summed E-state index contributed by atoms with van der Waals surface area (Å²) in [6.45, 7) is -0.109. The molecule has 0 saturated heterocycles. The smallest absolute Gasteiger partial charge is 0.255 e. The van der Waals surface area contributed by atoms with Gasteiger partial charge in [0, 0.05) is 11.3 Å². The number of carbonyl (C=O) groups is 1. The Morgan fingerprint density at radius 3 is 2.20 bits per heavy atom. The van der Waals surface area contributed by atoms with Gasteiger partial charge in [0.1, 0.15) is 17.3 Å². The van der Waals surface area contributed by atoms with E-state index in [4.69, 9.17) is 10.8 Å². The van der Waals surface area contributed by atoms with Crippen molar-refractivity contribution in [1.29, 1.82) is 0 Å². The van der Waals surface area contributed by atoms with Crippen LogP contribution >= 0.6 is 0 Å². The summed E-state index contributed by atoms with van der Waals surface area (Å²) in [6.07, 6.45) is 0. The standard InChI is InChI=1S/C14H12F2N2O2/c15-11-5-9(6-12(16)13(11)17)14(20)18-10-3-1-8(7-19)2-4-10/h1-6,19H,7,17H2,(H,18,20). The molecule has 0 unspecified atom stereocenters. The number of amides is 1. The van der Waals surface area contributed by atoms with Crippen LogP contribution in [-0.2, 0) is 6.61 Å². The van der Waals surface area contributed by atoms with E-state index < -0.39 is 23.2 Å². The van der Waals surface area contributed by atoms with Crippen LogP contribution in [0.3, 0.4) is 0 Å². The van der Waals surface area contributed by atoms with Gasteiger partial charge in [0.15, 0.2) is 0 Å². The molecular weight excluding hydrogens is 266 g/mol. The van der Waals surface area contributed by atoms with Gasteiger partial charge in [-0.15, -0.1) is 0 Å². The fourth-order valence-corrected chi connectivity index (χ4v) is 1.61. The second kappa shape index (κ2) is 5.66. The summed E-state index contributed by atoms with van der Waals surface area (Å²) in [7, 11) is 0. The number of aliphatic hydroxyl groups is 1. The monoisotopic (exact) mass is 278 g/mol. The topological polar surface area (TPSA) is 75.4 Å². The Morgan fingerprint density at radius 2 is 1.70 bits per heavy atom. The molecule has 1 amide bonds. The maximum absolute atomic E-state index is 13.3. The highest BCUT2D eigenvalue weighted by molar-refractivity contribution is 6.04. The molecule has 6 heteroatoms. The van der Waals surface area contributed by atoms with Crippen molar-refractivity contribution in [1.82, 2.24) is 0 Å². The van der Waals surface area contributed by atoms with Crippen molar-refractivity contribution in [3.8, 4) is 0 Å². The lowest BCUT2D eigenvalue weighted by molar-refractivity contribution is 0.102. The summed E-state index contributed by atoms with van der Waals surface area (Å²) in [6, 6.07) is 8.14. The minimum atomic E-state index is -0.981. The van der Waals surface area contributed by atoms with E-state index in [0.29, 0.717) is 11.3 Å². The molecular formula is C14H12F2N2O2. The number of anilines is 2. The van der Waals surface area contributed by atoms with Crippen LogP contribution in [0.1, 0.15) is 15.9 Å². The number of aliphatic hydroxyl groups excluding tert-OH is 1. The number of carbonyl (C=O) groups excluding carboxylic acids is 1. The molecule has 4 nitrogen and oxygen atoms in total. The molecule has 0 atom stereocenters. The molecule has 2 aromatic rings. The first kappa shape index (κ1) is 14.0. The Hall–Kier alpha value is -2.47. The molecule has 0 aliphatic rings. The molecule has 0 bridgehead atoms. The van der Waals surface area contributed by atoms with Gasteiger partial charge in [-0.3, -0.25) is 4.79 Å².